The molecular weight excluding hydrogens is 522 g/mol. The zero-order valence-corrected chi connectivity index (χ0v) is 24.6. The number of carbonyl (C=O) groups excluding carboxylic acids is 4. The molecule has 4 amide bonds. The minimum atomic E-state index is -0.990. The zero-order chi connectivity index (χ0) is 29.2. The highest BCUT2D eigenvalue weighted by atomic mass is 16.5. The molecule has 41 heavy (non-hydrogen) atoms. The van der Waals surface area contributed by atoms with Gasteiger partial charge < -0.3 is 30.9 Å². The number of hydrogen-bond acceptors (Lipinski definition) is 6. The Kier molecular flexibility index (Phi) is 11.0. The Balaban J connectivity index is 1.55. The first-order valence-corrected chi connectivity index (χ1v) is 15.4. The van der Waals surface area contributed by atoms with Crippen molar-refractivity contribution in [1.82, 2.24) is 26.2 Å². The second kappa shape index (κ2) is 14.7. The van der Waals surface area contributed by atoms with Crippen LogP contribution in [-0.2, 0) is 14.4 Å². The maximum absolute atomic E-state index is 13.7. The Morgan fingerprint density at radius 2 is 1.73 bits per heavy atom. The second-order valence-corrected chi connectivity index (χ2v) is 12.1. The highest BCUT2D eigenvalue weighted by Gasteiger charge is 2.42. The van der Waals surface area contributed by atoms with E-state index in [1.54, 1.807) is 24.3 Å². The monoisotopic (exact) mass is 569 g/mol. The van der Waals surface area contributed by atoms with Gasteiger partial charge >= 0.3 is 0 Å². The molecule has 1 aromatic rings. The van der Waals surface area contributed by atoms with Crippen molar-refractivity contribution in [3.05, 3.63) is 29.8 Å². The van der Waals surface area contributed by atoms with E-state index in [-0.39, 0.29) is 49.1 Å². The molecule has 1 aliphatic carbocycles. The molecule has 10 nitrogen and oxygen atoms in total. The molecule has 3 aliphatic rings. The molecule has 2 aliphatic heterocycles. The van der Waals surface area contributed by atoms with Crippen LogP contribution in [0.25, 0.3) is 0 Å². The van der Waals surface area contributed by atoms with E-state index in [1.165, 1.54) is 19.3 Å². The maximum Gasteiger partial charge on any atom is 0.255 e. The van der Waals surface area contributed by atoms with E-state index in [9.17, 15) is 19.2 Å². The summed E-state index contributed by atoms with van der Waals surface area (Å²) in [6.07, 6.45) is 7.54. The van der Waals surface area contributed by atoms with Crippen molar-refractivity contribution in [3.8, 4) is 5.75 Å². The smallest absolute Gasteiger partial charge is 0.255 e. The van der Waals surface area contributed by atoms with Gasteiger partial charge in [0, 0.05) is 19.5 Å². The average molecular weight is 570 g/mol. The standard InChI is InChI=1S/C31H47N5O5/c1-22(2)25-21-41-26-12-6-5-11-23(26)28(38)33-24(29(39)32-17-20-36-18-9-4-10-19-36)13-14-27(37)35-31(30(40)34-25)15-7-3-8-16-31/h5-6,11-12,22,24-25H,3-4,7-10,13-21H2,1-2H3,(H,32,39)(H,33,38)(H,34,40)(H,35,37)/t24-,25+/m0/s1. The van der Waals surface area contributed by atoms with E-state index in [4.69, 9.17) is 4.74 Å². The Bertz CT molecular complexity index is 1060. The lowest BCUT2D eigenvalue weighted by atomic mass is 9.80. The lowest BCUT2D eigenvalue weighted by molar-refractivity contribution is -0.136. The van der Waals surface area contributed by atoms with Gasteiger partial charge in [0.1, 0.15) is 23.9 Å². The van der Waals surface area contributed by atoms with E-state index < -0.39 is 17.5 Å². The lowest BCUT2D eigenvalue weighted by Crippen LogP contribution is -2.62. The molecule has 4 rings (SSSR count). The van der Waals surface area contributed by atoms with Gasteiger partial charge in [-0.3, -0.25) is 19.2 Å². The summed E-state index contributed by atoms with van der Waals surface area (Å²) in [7, 11) is 0. The molecule has 2 atom stereocenters. The molecular formula is C31H47N5O5. The molecule has 4 N–H and O–H groups in total. The van der Waals surface area contributed by atoms with Crippen LogP contribution in [-0.4, -0.2) is 78.9 Å². The number of ether oxygens (including phenoxy) is 1. The number of hydrogen-bond donors (Lipinski definition) is 4. The topological polar surface area (TPSA) is 129 Å². The fourth-order valence-corrected chi connectivity index (χ4v) is 5.98. The summed E-state index contributed by atoms with van der Waals surface area (Å²) in [5.74, 6) is -0.820. The second-order valence-electron chi connectivity index (χ2n) is 12.1. The number of carbonyl (C=O) groups is 4. The van der Waals surface area contributed by atoms with Gasteiger partial charge in [0.2, 0.25) is 17.7 Å². The molecule has 10 heteroatoms. The number of piperidine rings is 1. The first kappa shape index (κ1) is 30.8. The van der Waals surface area contributed by atoms with Gasteiger partial charge in [-0.2, -0.15) is 0 Å². The summed E-state index contributed by atoms with van der Waals surface area (Å²) in [5, 5.41) is 12.0. The summed E-state index contributed by atoms with van der Waals surface area (Å²) in [5.41, 5.74) is -0.689. The fraction of sp³-hybridized carbons (Fsp3) is 0.677. The number of nitrogens with one attached hydrogen (secondary N) is 4. The maximum atomic E-state index is 13.7. The van der Waals surface area contributed by atoms with E-state index in [1.807, 2.05) is 13.8 Å². The van der Waals surface area contributed by atoms with E-state index >= 15 is 0 Å². The molecule has 0 aromatic heterocycles. The number of para-hydroxylation sites is 1. The zero-order valence-electron chi connectivity index (χ0n) is 24.6. The van der Waals surface area contributed by atoms with Gasteiger partial charge in [-0.25, -0.2) is 0 Å². The average Bonchev–Trinajstić information content (AvgIpc) is 2.97. The third-order valence-corrected chi connectivity index (χ3v) is 8.65. The molecule has 2 heterocycles. The van der Waals surface area contributed by atoms with Crippen LogP contribution in [0, 0.1) is 5.92 Å². The minimum Gasteiger partial charge on any atom is -0.491 e. The summed E-state index contributed by atoms with van der Waals surface area (Å²) >= 11 is 0. The number of fused-ring (bicyclic) bond motifs is 1. The number of likely N-dealkylation sites (tertiary alicyclic amines) is 1. The van der Waals surface area contributed by atoms with Gasteiger partial charge in [0.15, 0.2) is 0 Å². The predicted molar refractivity (Wildman–Crippen MR) is 156 cm³/mol. The van der Waals surface area contributed by atoms with Crippen LogP contribution in [0.4, 0.5) is 0 Å². The van der Waals surface area contributed by atoms with Crippen molar-refractivity contribution in [2.24, 2.45) is 5.92 Å². The third-order valence-electron chi connectivity index (χ3n) is 8.65. The highest BCUT2D eigenvalue weighted by Crippen LogP contribution is 2.29. The molecule has 1 saturated heterocycles. The molecule has 0 unspecified atom stereocenters. The normalized spacial score (nSPS) is 24.6. The van der Waals surface area contributed by atoms with Crippen LogP contribution < -0.4 is 26.0 Å². The van der Waals surface area contributed by atoms with Crippen molar-refractivity contribution in [2.75, 3.05) is 32.8 Å². The van der Waals surface area contributed by atoms with Crippen LogP contribution in [0.3, 0.4) is 0 Å². The molecule has 1 spiro atoms. The lowest BCUT2D eigenvalue weighted by Gasteiger charge is -2.38. The number of benzene rings is 1. The quantitative estimate of drug-likeness (QED) is 0.432. The van der Waals surface area contributed by atoms with Crippen LogP contribution >= 0.6 is 0 Å². The molecule has 1 saturated carbocycles. The minimum absolute atomic E-state index is 0.00524. The molecule has 0 bridgehead atoms. The van der Waals surface area contributed by atoms with Gasteiger partial charge in [0.05, 0.1) is 11.6 Å². The molecule has 226 valence electrons. The summed E-state index contributed by atoms with van der Waals surface area (Å²) in [6, 6.07) is 5.67. The van der Waals surface area contributed by atoms with E-state index in [0.717, 1.165) is 38.9 Å². The Morgan fingerprint density at radius 3 is 2.46 bits per heavy atom. The summed E-state index contributed by atoms with van der Waals surface area (Å²) < 4.78 is 6.11. The first-order chi connectivity index (χ1) is 19.8. The van der Waals surface area contributed by atoms with E-state index in [2.05, 4.69) is 26.2 Å². The fourth-order valence-electron chi connectivity index (χ4n) is 5.98. The SMILES string of the molecule is CC(C)[C@H]1COc2ccccc2C(=O)N[C@H](C(=O)NCCN2CCCCC2)CCC(=O)NC2(CCCCC2)C(=O)N1. The summed E-state index contributed by atoms with van der Waals surface area (Å²) in [4.78, 5) is 56.0. The summed E-state index contributed by atoms with van der Waals surface area (Å²) in [6.45, 7) is 7.44. The first-order valence-electron chi connectivity index (χ1n) is 15.4. The van der Waals surface area contributed by atoms with Crippen molar-refractivity contribution in [3.63, 3.8) is 0 Å². The van der Waals surface area contributed by atoms with Crippen LogP contribution in [0.1, 0.15) is 88.4 Å². The Morgan fingerprint density at radius 1 is 1.02 bits per heavy atom. The third kappa shape index (κ3) is 8.44. The molecule has 2 fully saturated rings. The van der Waals surface area contributed by atoms with Crippen molar-refractivity contribution >= 4 is 23.6 Å². The number of rotatable bonds is 5. The van der Waals surface area contributed by atoms with Gasteiger partial charge in [-0.05, 0) is 63.2 Å². The molecule has 1 aromatic carbocycles. The van der Waals surface area contributed by atoms with Crippen LogP contribution in [0.15, 0.2) is 24.3 Å². The van der Waals surface area contributed by atoms with Gasteiger partial charge in [0.25, 0.3) is 5.91 Å². The number of amides is 4. The van der Waals surface area contributed by atoms with Crippen molar-refractivity contribution in [2.45, 2.75) is 95.7 Å². The predicted octanol–water partition coefficient (Wildman–Crippen LogP) is 2.52. The van der Waals surface area contributed by atoms with Crippen LogP contribution in [0.5, 0.6) is 5.75 Å². The Hall–Kier alpha value is -3.14. The van der Waals surface area contributed by atoms with Crippen molar-refractivity contribution in [1.29, 1.82) is 0 Å². The van der Waals surface area contributed by atoms with Crippen LogP contribution in [0.2, 0.25) is 0 Å². The molecule has 0 radical (unpaired) electrons. The largest absolute Gasteiger partial charge is 0.491 e. The van der Waals surface area contributed by atoms with Gasteiger partial charge in [-0.15, -0.1) is 0 Å². The number of nitrogens with zero attached hydrogens (tertiary/aromatic N) is 1. The van der Waals surface area contributed by atoms with Crippen molar-refractivity contribution < 1.29 is 23.9 Å². The van der Waals surface area contributed by atoms with Gasteiger partial charge in [-0.1, -0.05) is 51.7 Å². The Labute approximate surface area is 243 Å². The van der Waals surface area contributed by atoms with E-state index in [0.29, 0.717) is 30.7 Å². The highest BCUT2D eigenvalue weighted by molar-refractivity contribution is 6.00.